The van der Waals surface area contributed by atoms with Gasteiger partial charge in [0.05, 0.1) is 16.9 Å². The van der Waals surface area contributed by atoms with E-state index in [1.165, 1.54) is 0 Å². The summed E-state index contributed by atoms with van der Waals surface area (Å²) in [6, 6.07) is 5.24. The predicted molar refractivity (Wildman–Crippen MR) is 86.9 cm³/mol. The van der Waals surface area contributed by atoms with E-state index < -0.39 is 5.97 Å². The summed E-state index contributed by atoms with van der Waals surface area (Å²) in [5, 5.41) is 5.62. The Morgan fingerprint density at radius 1 is 1.29 bits per heavy atom. The van der Waals surface area contributed by atoms with Crippen LogP contribution in [0.25, 0.3) is 0 Å². The molecule has 3 aliphatic rings. The highest BCUT2D eigenvalue weighted by Crippen LogP contribution is 2.37. The average molecular weight is 329 g/mol. The second-order valence-corrected chi connectivity index (χ2v) is 6.49. The number of ether oxygens (including phenoxy) is 1. The van der Waals surface area contributed by atoms with Crippen molar-refractivity contribution in [1.29, 1.82) is 0 Å². The number of hydrogen-bond donors (Lipinski definition) is 2. The van der Waals surface area contributed by atoms with Crippen LogP contribution < -0.4 is 15.5 Å². The first kappa shape index (κ1) is 15.0. The lowest BCUT2D eigenvalue weighted by atomic mass is 10.1. The number of nitrogens with zero attached hydrogens (tertiary/aromatic N) is 1. The molecule has 1 saturated heterocycles. The molecule has 7 nitrogen and oxygen atoms in total. The Kier molecular flexibility index (Phi) is 3.63. The van der Waals surface area contributed by atoms with E-state index in [0.29, 0.717) is 11.3 Å². The van der Waals surface area contributed by atoms with Crippen molar-refractivity contribution in [3.8, 4) is 0 Å². The van der Waals surface area contributed by atoms with Crippen LogP contribution in [0.2, 0.25) is 0 Å². The van der Waals surface area contributed by atoms with E-state index in [0.717, 1.165) is 37.9 Å². The number of carbonyl (C=O) groups excluding carboxylic acids is 3. The molecule has 2 amide bonds. The van der Waals surface area contributed by atoms with Crippen LogP contribution in [-0.2, 0) is 14.3 Å². The SMILES string of the molecule is O=C(COC(=O)c1ccc2c(c1)NC(=O)[C@@H]1CCCN21)NC1CC1. The minimum absolute atomic E-state index is 0.0330. The van der Waals surface area contributed by atoms with Crippen LogP contribution in [-0.4, -0.2) is 43.0 Å². The van der Waals surface area contributed by atoms with Crippen LogP contribution in [0.5, 0.6) is 0 Å². The van der Waals surface area contributed by atoms with E-state index in [-0.39, 0.29) is 30.5 Å². The average Bonchev–Trinajstić information content (AvgIpc) is 3.23. The maximum absolute atomic E-state index is 12.1. The highest BCUT2D eigenvalue weighted by Gasteiger charge is 2.36. The molecule has 1 atom stereocenters. The number of rotatable bonds is 4. The fraction of sp³-hybridized carbons (Fsp3) is 0.471. The monoisotopic (exact) mass is 329 g/mol. The fourth-order valence-corrected chi connectivity index (χ4v) is 3.27. The molecule has 1 aliphatic carbocycles. The standard InChI is InChI=1S/C17H19N3O4/c21-15(18-11-4-5-11)9-24-17(23)10-3-6-13-12(8-10)19-16(22)14-2-1-7-20(13)14/h3,6,8,11,14H,1-2,4-5,7,9H2,(H,18,21)(H,19,22)/t14-/m0/s1. The van der Waals surface area contributed by atoms with Gasteiger partial charge in [0.25, 0.3) is 5.91 Å². The summed E-state index contributed by atoms with van der Waals surface area (Å²) in [7, 11) is 0. The predicted octanol–water partition coefficient (Wildman–Crippen LogP) is 1.04. The molecule has 24 heavy (non-hydrogen) atoms. The van der Waals surface area contributed by atoms with E-state index in [9.17, 15) is 14.4 Å². The zero-order chi connectivity index (χ0) is 16.7. The van der Waals surface area contributed by atoms with Gasteiger partial charge in [0.2, 0.25) is 5.91 Å². The lowest BCUT2D eigenvalue weighted by Crippen LogP contribution is -2.43. The lowest BCUT2D eigenvalue weighted by molar-refractivity contribution is -0.124. The zero-order valence-corrected chi connectivity index (χ0v) is 13.2. The van der Waals surface area contributed by atoms with Crippen molar-refractivity contribution in [3.63, 3.8) is 0 Å². The number of benzene rings is 1. The van der Waals surface area contributed by atoms with Crippen molar-refractivity contribution >= 4 is 29.2 Å². The van der Waals surface area contributed by atoms with Crippen LogP contribution in [0.15, 0.2) is 18.2 Å². The molecule has 2 N–H and O–H groups in total. The van der Waals surface area contributed by atoms with E-state index in [2.05, 4.69) is 15.5 Å². The van der Waals surface area contributed by atoms with Gasteiger partial charge >= 0.3 is 5.97 Å². The van der Waals surface area contributed by atoms with Gasteiger partial charge in [-0.3, -0.25) is 9.59 Å². The molecule has 7 heteroatoms. The van der Waals surface area contributed by atoms with Gasteiger partial charge < -0.3 is 20.3 Å². The minimum atomic E-state index is -0.568. The number of amides is 2. The van der Waals surface area contributed by atoms with Crippen LogP contribution in [0.1, 0.15) is 36.0 Å². The first-order chi connectivity index (χ1) is 11.6. The molecular formula is C17H19N3O4. The maximum atomic E-state index is 12.1. The van der Waals surface area contributed by atoms with Crippen LogP contribution in [0.3, 0.4) is 0 Å². The Balaban J connectivity index is 1.44. The van der Waals surface area contributed by atoms with Gasteiger partial charge in [-0.05, 0) is 43.9 Å². The van der Waals surface area contributed by atoms with Crippen molar-refractivity contribution in [2.75, 3.05) is 23.4 Å². The summed E-state index contributed by atoms with van der Waals surface area (Å²) in [6.07, 6.45) is 3.81. The van der Waals surface area contributed by atoms with Gasteiger partial charge in [0.15, 0.2) is 6.61 Å². The van der Waals surface area contributed by atoms with Gasteiger partial charge in [-0.1, -0.05) is 0 Å². The van der Waals surface area contributed by atoms with Crippen molar-refractivity contribution in [2.45, 2.75) is 37.8 Å². The molecule has 0 spiro atoms. The number of esters is 1. The summed E-state index contributed by atoms with van der Waals surface area (Å²) in [6.45, 7) is 0.559. The third-order valence-electron chi connectivity index (χ3n) is 4.63. The second kappa shape index (κ2) is 5.81. The Morgan fingerprint density at radius 2 is 2.12 bits per heavy atom. The Morgan fingerprint density at radius 3 is 2.92 bits per heavy atom. The van der Waals surface area contributed by atoms with Gasteiger partial charge in [0.1, 0.15) is 6.04 Å². The van der Waals surface area contributed by atoms with Crippen LogP contribution >= 0.6 is 0 Å². The van der Waals surface area contributed by atoms with Crippen LogP contribution in [0, 0.1) is 0 Å². The number of carbonyl (C=O) groups is 3. The topological polar surface area (TPSA) is 87.7 Å². The normalized spacial score (nSPS) is 21.6. The molecule has 0 radical (unpaired) electrons. The van der Waals surface area contributed by atoms with Gasteiger partial charge in [-0.2, -0.15) is 0 Å². The highest BCUT2D eigenvalue weighted by atomic mass is 16.5. The highest BCUT2D eigenvalue weighted by molar-refractivity contribution is 6.05. The lowest BCUT2D eigenvalue weighted by Gasteiger charge is -2.33. The van der Waals surface area contributed by atoms with Crippen molar-refractivity contribution in [3.05, 3.63) is 23.8 Å². The minimum Gasteiger partial charge on any atom is -0.452 e. The molecule has 1 saturated carbocycles. The van der Waals surface area contributed by atoms with Gasteiger partial charge in [-0.25, -0.2) is 4.79 Å². The summed E-state index contributed by atoms with van der Waals surface area (Å²) < 4.78 is 5.05. The molecule has 2 fully saturated rings. The largest absolute Gasteiger partial charge is 0.452 e. The summed E-state index contributed by atoms with van der Waals surface area (Å²) in [4.78, 5) is 37.9. The molecule has 4 rings (SSSR count). The van der Waals surface area contributed by atoms with E-state index in [1.807, 2.05) is 6.07 Å². The molecule has 1 aromatic rings. The summed E-state index contributed by atoms with van der Waals surface area (Å²) >= 11 is 0. The molecule has 2 aliphatic heterocycles. The number of anilines is 2. The molecule has 126 valence electrons. The zero-order valence-electron chi connectivity index (χ0n) is 13.2. The number of hydrogen-bond acceptors (Lipinski definition) is 5. The fourth-order valence-electron chi connectivity index (χ4n) is 3.27. The third kappa shape index (κ3) is 2.81. The van der Waals surface area contributed by atoms with Gasteiger partial charge in [-0.15, -0.1) is 0 Å². The van der Waals surface area contributed by atoms with Crippen molar-refractivity contribution < 1.29 is 19.1 Å². The summed E-state index contributed by atoms with van der Waals surface area (Å²) in [5.74, 6) is -0.882. The molecule has 0 bridgehead atoms. The quantitative estimate of drug-likeness (QED) is 0.806. The number of nitrogens with one attached hydrogen (secondary N) is 2. The van der Waals surface area contributed by atoms with Gasteiger partial charge in [0, 0.05) is 12.6 Å². The first-order valence-electron chi connectivity index (χ1n) is 8.30. The summed E-state index contributed by atoms with van der Waals surface area (Å²) in [5.41, 5.74) is 1.88. The first-order valence-corrected chi connectivity index (χ1v) is 8.30. The van der Waals surface area contributed by atoms with E-state index in [1.54, 1.807) is 12.1 Å². The Bertz CT molecular complexity index is 714. The number of fused-ring (bicyclic) bond motifs is 3. The Labute approximate surface area is 139 Å². The molecule has 0 aromatic heterocycles. The van der Waals surface area contributed by atoms with E-state index in [4.69, 9.17) is 4.74 Å². The molecule has 1 aromatic carbocycles. The van der Waals surface area contributed by atoms with Crippen LogP contribution in [0.4, 0.5) is 11.4 Å². The smallest absolute Gasteiger partial charge is 0.338 e. The molecule has 2 heterocycles. The molecular weight excluding hydrogens is 310 g/mol. The molecule has 0 unspecified atom stereocenters. The van der Waals surface area contributed by atoms with E-state index >= 15 is 0 Å². The van der Waals surface area contributed by atoms with Crippen molar-refractivity contribution in [1.82, 2.24) is 5.32 Å². The Hall–Kier alpha value is -2.57. The van der Waals surface area contributed by atoms with Crippen molar-refractivity contribution in [2.24, 2.45) is 0 Å². The third-order valence-corrected chi connectivity index (χ3v) is 4.63. The maximum Gasteiger partial charge on any atom is 0.338 e. The second-order valence-electron chi connectivity index (χ2n) is 6.49.